The fourth-order valence-corrected chi connectivity index (χ4v) is 3.67. The Labute approximate surface area is 135 Å². The van der Waals surface area contributed by atoms with Gasteiger partial charge in [0.1, 0.15) is 6.61 Å². The van der Waals surface area contributed by atoms with Crippen LogP contribution in [0.3, 0.4) is 0 Å². The van der Waals surface area contributed by atoms with E-state index in [0.29, 0.717) is 18.0 Å². The first kappa shape index (κ1) is 14.4. The van der Waals surface area contributed by atoms with Crippen LogP contribution < -0.4 is 9.47 Å². The molecule has 21 heavy (non-hydrogen) atoms. The number of ether oxygens (including phenoxy) is 2. The maximum atomic E-state index is 12.4. The lowest BCUT2D eigenvalue weighted by Gasteiger charge is -2.28. The first-order valence-corrected chi connectivity index (χ1v) is 8.12. The van der Waals surface area contributed by atoms with Crippen molar-refractivity contribution < 1.29 is 14.3 Å². The zero-order chi connectivity index (χ0) is 14.8. The van der Waals surface area contributed by atoms with Crippen molar-refractivity contribution in [3.05, 3.63) is 45.1 Å². The number of carbonyl (C=O) groups excluding carboxylic acids is 1. The van der Waals surface area contributed by atoms with Crippen LogP contribution in [0.5, 0.6) is 11.5 Å². The van der Waals surface area contributed by atoms with Crippen LogP contribution in [0.25, 0.3) is 0 Å². The van der Waals surface area contributed by atoms with E-state index >= 15 is 0 Å². The van der Waals surface area contributed by atoms with Crippen LogP contribution in [0.4, 0.5) is 0 Å². The molecule has 0 radical (unpaired) electrons. The highest BCUT2D eigenvalue weighted by atomic mass is 79.9. The molecule has 1 aliphatic rings. The minimum Gasteiger partial charge on any atom is -0.485 e. The topological polar surface area (TPSA) is 38.8 Å². The molecule has 0 spiro atoms. The molecular formula is C15H14BrNO3S. The fraction of sp³-hybridized carbons (Fsp3) is 0.267. The lowest BCUT2D eigenvalue weighted by Crippen LogP contribution is -2.44. The molecular weight excluding hydrogens is 354 g/mol. The van der Waals surface area contributed by atoms with Crippen molar-refractivity contribution in [2.75, 3.05) is 13.7 Å². The first-order valence-electron chi connectivity index (χ1n) is 6.51. The van der Waals surface area contributed by atoms with Crippen LogP contribution in [0.15, 0.2) is 40.2 Å². The molecule has 0 N–H and O–H groups in total. The maximum Gasteiger partial charge on any atom is 0.267 e. The van der Waals surface area contributed by atoms with Gasteiger partial charge in [0.15, 0.2) is 11.5 Å². The van der Waals surface area contributed by atoms with Crippen molar-refractivity contribution in [1.82, 2.24) is 4.90 Å². The Hall–Kier alpha value is -1.53. The van der Waals surface area contributed by atoms with Gasteiger partial charge in [-0.1, -0.05) is 12.1 Å². The van der Waals surface area contributed by atoms with Crippen molar-refractivity contribution in [2.45, 2.75) is 12.6 Å². The molecule has 2 heterocycles. The average Bonchev–Trinajstić information content (AvgIpc) is 2.91. The number of fused-ring (bicyclic) bond motifs is 1. The van der Waals surface area contributed by atoms with E-state index in [2.05, 4.69) is 15.9 Å². The van der Waals surface area contributed by atoms with Gasteiger partial charge in [-0.15, -0.1) is 11.3 Å². The van der Waals surface area contributed by atoms with Crippen molar-refractivity contribution in [3.8, 4) is 11.5 Å². The molecule has 0 aliphatic carbocycles. The Morgan fingerprint density at radius 2 is 2.10 bits per heavy atom. The zero-order valence-electron chi connectivity index (χ0n) is 11.4. The molecule has 1 atom stereocenters. The van der Waals surface area contributed by atoms with Gasteiger partial charge in [-0.3, -0.25) is 4.79 Å². The number of nitrogens with zero attached hydrogens (tertiary/aromatic N) is 1. The normalized spacial score (nSPS) is 16.6. The standard InChI is InChI=1S/C15H14BrNO3S/c1-17(8-10-6-7-14(16)21-10)15(18)13-9-19-11-4-2-3-5-12(11)20-13/h2-7,13H,8-9H2,1H3/t13-/m0/s1. The number of hydrogen-bond acceptors (Lipinski definition) is 4. The van der Waals surface area contributed by atoms with E-state index in [1.807, 2.05) is 36.4 Å². The predicted molar refractivity (Wildman–Crippen MR) is 84.8 cm³/mol. The van der Waals surface area contributed by atoms with E-state index in [9.17, 15) is 4.79 Å². The van der Waals surface area contributed by atoms with Gasteiger partial charge in [-0.2, -0.15) is 0 Å². The molecule has 1 aliphatic heterocycles. The third-order valence-corrected chi connectivity index (χ3v) is 4.79. The largest absolute Gasteiger partial charge is 0.485 e. The number of hydrogen-bond donors (Lipinski definition) is 0. The molecule has 3 rings (SSSR count). The van der Waals surface area contributed by atoms with Gasteiger partial charge in [0.05, 0.1) is 10.3 Å². The number of likely N-dealkylation sites (N-methyl/N-ethyl adjacent to an activating group) is 1. The van der Waals surface area contributed by atoms with Gasteiger partial charge in [0.25, 0.3) is 5.91 Å². The highest BCUT2D eigenvalue weighted by Crippen LogP contribution is 2.31. The molecule has 1 aromatic heterocycles. The number of rotatable bonds is 3. The van der Waals surface area contributed by atoms with Crippen molar-refractivity contribution in [1.29, 1.82) is 0 Å². The van der Waals surface area contributed by atoms with E-state index in [4.69, 9.17) is 9.47 Å². The highest BCUT2D eigenvalue weighted by molar-refractivity contribution is 9.11. The Balaban J connectivity index is 1.66. The minimum atomic E-state index is -0.590. The van der Waals surface area contributed by atoms with Crippen LogP contribution in [0.1, 0.15) is 4.88 Å². The molecule has 0 saturated carbocycles. The second kappa shape index (κ2) is 6.07. The number of benzene rings is 1. The smallest absolute Gasteiger partial charge is 0.267 e. The Kier molecular flexibility index (Phi) is 4.17. The number of thiophene rings is 1. The van der Waals surface area contributed by atoms with Gasteiger partial charge in [0, 0.05) is 11.9 Å². The second-order valence-electron chi connectivity index (χ2n) is 4.76. The van der Waals surface area contributed by atoms with Crippen LogP contribution in [-0.4, -0.2) is 30.6 Å². The lowest BCUT2D eigenvalue weighted by atomic mass is 10.2. The molecule has 1 aromatic carbocycles. The maximum absolute atomic E-state index is 12.4. The molecule has 4 nitrogen and oxygen atoms in total. The number of para-hydroxylation sites is 2. The number of carbonyl (C=O) groups is 1. The summed E-state index contributed by atoms with van der Waals surface area (Å²) in [5.41, 5.74) is 0. The van der Waals surface area contributed by atoms with Gasteiger partial charge in [-0.05, 0) is 40.2 Å². The van der Waals surface area contributed by atoms with E-state index < -0.39 is 6.10 Å². The summed E-state index contributed by atoms with van der Waals surface area (Å²) in [7, 11) is 1.78. The van der Waals surface area contributed by atoms with Crippen molar-refractivity contribution in [2.24, 2.45) is 0 Å². The first-order chi connectivity index (χ1) is 10.1. The van der Waals surface area contributed by atoms with Crippen LogP contribution in [-0.2, 0) is 11.3 Å². The van der Waals surface area contributed by atoms with E-state index in [1.54, 1.807) is 23.3 Å². The second-order valence-corrected chi connectivity index (χ2v) is 7.31. The zero-order valence-corrected chi connectivity index (χ0v) is 13.8. The molecule has 2 aromatic rings. The fourth-order valence-electron chi connectivity index (χ4n) is 2.14. The van der Waals surface area contributed by atoms with Gasteiger partial charge in [-0.25, -0.2) is 0 Å². The summed E-state index contributed by atoms with van der Waals surface area (Å²) < 4.78 is 12.4. The molecule has 110 valence electrons. The Bertz CT molecular complexity index is 658. The average molecular weight is 368 g/mol. The van der Waals surface area contributed by atoms with E-state index in [-0.39, 0.29) is 12.5 Å². The summed E-state index contributed by atoms with van der Waals surface area (Å²) in [4.78, 5) is 15.2. The van der Waals surface area contributed by atoms with Crippen LogP contribution in [0.2, 0.25) is 0 Å². The van der Waals surface area contributed by atoms with Gasteiger partial charge >= 0.3 is 0 Å². The van der Waals surface area contributed by atoms with Crippen molar-refractivity contribution >= 4 is 33.2 Å². The molecule has 0 saturated heterocycles. The highest BCUT2D eigenvalue weighted by Gasteiger charge is 2.29. The van der Waals surface area contributed by atoms with Gasteiger partial charge < -0.3 is 14.4 Å². The lowest BCUT2D eigenvalue weighted by molar-refractivity contribution is -0.140. The Morgan fingerprint density at radius 1 is 1.33 bits per heavy atom. The molecule has 0 unspecified atom stereocenters. The predicted octanol–water partition coefficient (Wildman–Crippen LogP) is 3.31. The third kappa shape index (κ3) is 3.22. The molecule has 0 fully saturated rings. The summed E-state index contributed by atoms with van der Waals surface area (Å²) in [5, 5.41) is 0. The minimum absolute atomic E-state index is 0.0750. The Morgan fingerprint density at radius 3 is 2.81 bits per heavy atom. The third-order valence-electron chi connectivity index (χ3n) is 3.18. The van der Waals surface area contributed by atoms with Crippen LogP contribution in [0, 0.1) is 0 Å². The van der Waals surface area contributed by atoms with Crippen LogP contribution >= 0.6 is 27.3 Å². The number of halogens is 1. The number of amides is 1. The SMILES string of the molecule is CN(Cc1ccc(Br)s1)C(=O)[C@@H]1COc2ccccc2O1. The summed E-state index contributed by atoms with van der Waals surface area (Å²) in [6.45, 7) is 0.810. The van der Waals surface area contributed by atoms with Crippen molar-refractivity contribution in [3.63, 3.8) is 0 Å². The molecule has 6 heteroatoms. The van der Waals surface area contributed by atoms with E-state index in [0.717, 1.165) is 8.66 Å². The molecule has 1 amide bonds. The summed E-state index contributed by atoms with van der Waals surface area (Å²) in [6.07, 6.45) is -0.590. The quantitative estimate of drug-likeness (QED) is 0.835. The van der Waals surface area contributed by atoms with Gasteiger partial charge in [0.2, 0.25) is 6.10 Å². The molecule has 0 bridgehead atoms. The monoisotopic (exact) mass is 367 g/mol. The van der Waals surface area contributed by atoms with E-state index in [1.165, 1.54) is 0 Å². The summed E-state index contributed by atoms with van der Waals surface area (Å²) in [6, 6.07) is 11.4. The summed E-state index contributed by atoms with van der Waals surface area (Å²) >= 11 is 5.04. The summed E-state index contributed by atoms with van der Waals surface area (Å²) in [5.74, 6) is 1.23.